The Morgan fingerprint density at radius 3 is 2.69 bits per heavy atom. The molecule has 26 heavy (non-hydrogen) atoms. The predicted molar refractivity (Wildman–Crippen MR) is 108 cm³/mol. The third-order valence-corrected chi connectivity index (χ3v) is 6.35. The van der Waals surface area contributed by atoms with E-state index >= 15 is 0 Å². The number of rotatable bonds is 5. The predicted octanol–water partition coefficient (Wildman–Crippen LogP) is 3.98. The van der Waals surface area contributed by atoms with Gasteiger partial charge in [0.2, 0.25) is 5.91 Å². The van der Waals surface area contributed by atoms with Gasteiger partial charge >= 0.3 is 0 Å². The Balaban J connectivity index is 1.60. The van der Waals surface area contributed by atoms with E-state index in [1.54, 1.807) is 16.7 Å². The summed E-state index contributed by atoms with van der Waals surface area (Å²) in [7, 11) is 1.85. The fourth-order valence-electron chi connectivity index (χ4n) is 3.31. The first-order valence-electron chi connectivity index (χ1n) is 8.79. The van der Waals surface area contributed by atoms with Gasteiger partial charge in [-0.3, -0.25) is 9.59 Å². The zero-order chi connectivity index (χ0) is 18.5. The number of carbonyl (C=O) groups is 2. The molecule has 0 spiro atoms. The second-order valence-corrected chi connectivity index (χ2v) is 8.44. The molecular weight excluding hydrogens is 364 g/mol. The van der Waals surface area contributed by atoms with Crippen LogP contribution in [0.2, 0.25) is 0 Å². The molecule has 4 nitrogen and oxygen atoms in total. The lowest BCUT2D eigenvalue weighted by atomic mass is 9.96. The second kappa shape index (κ2) is 8.73. The van der Waals surface area contributed by atoms with E-state index in [0.717, 1.165) is 29.8 Å². The van der Waals surface area contributed by atoms with Gasteiger partial charge in [0.25, 0.3) is 5.91 Å². The summed E-state index contributed by atoms with van der Waals surface area (Å²) in [4.78, 5) is 31.0. The molecule has 0 radical (unpaired) electrons. The highest BCUT2D eigenvalue weighted by Gasteiger charge is 2.30. The maximum Gasteiger partial charge on any atom is 0.263 e. The zero-order valence-corrected chi connectivity index (χ0v) is 16.8. The number of likely N-dealkylation sites (tertiary alicyclic amines) is 1. The van der Waals surface area contributed by atoms with Gasteiger partial charge in [-0.05, 0) is 48.2 Å². The molecule has 1 saturated heterocycles. The van der Waals surface area contributed by atoms with Crippen LogP contribution in [0.15, 0.2) is 46.7 Å². The highest BCUT2D eigenvalue weighted by Crippen LogP contribution is 2.23. The monoisotopic (exact) mass is 388 g/mol. The molecule has 0 bridgehead atoms. The minimum absolute atomic E-state index is 0.0489. The molecule has 2 amide bonds. The Hall–Kier alpha value is -1.79. The minimum atomic E-state index is -0.108. The second-order valence-electron chi connectivity index (χ2n) is 6.61. The fraction of sp³-hybridized carbons (Fsp3) is 0.400. The number of carbonyl (C=O) groups excluding carboxylic acids is 2. The number of thioether (sulfide) groups is 1. The largest absolute Gasteiger partial charge is 0.341 e. The Bertz CT molecular complexity index is 744. The van der Waals surface area contributed by atoms with E-state index < -0.39 is 0 Å². The van der Waals surface area contributed by atoms with Crippen molar-refractivity contribution in [3.05, 3.63) is 52.2 Å². The van der Waals surface area contributed by atoms with Crippen LogP contribution in [-0.4, -0.2) is 48.0 Å². The lowest BCUT2D eigenvalue weighted by Gasteiger charge is -2.33. The van der Waals surface area contributed by atoms with E-state index in [9.17, 15) is 9.59 Å². The first kappa shape index (κ1) is 19.0. The molecule has 2 aromatic rings. The molecule has 0 saturated carbocycles. The molecule has 6 heteroatoms. The Morgan fingerprint density at radius 2 is 2.04 bits per heavy atom. The van der Waals surface area contributed by atoms with Gasteiger partial charge in [-0.15, -0.1) is 23.1 Å². The summed E-state index contributed by atoms with van der Waals surface area (Å²) in [5.41, 5.74) is 1.13. The van der Waals surface area contributed by atoms with Crippen molar-refractivity contribution in [1.82, 2.24) is 9.80 Å². The van der Waals surface area contributed by atoms with Gasteiger partial charge in [-0.2, -0.15) is 0 Å². The van der Waals surface area contributed by atoms with Crippen LogP contribution in [0, 0.1) is 5.92 Å². The van der Waals surface area contributed by atoms with Crippen molar-refractivity contribution in [3.8, 4) is 0 Å². The van der Waals surface area contributed by atoms with E-state index in [2.05, 4.69) is 30.5 Å². The standard InChI is InChI=1S/C20H24N2O2S2/c1-21(13-15-7-9-17(25-2)10-8-15)19(23)16-5-3-11-22(14-16)20(24)18-6-4-12-26-18/h4,6-10,12,16H,3,5,11,13-14H2,1-2H3. The van der Waals surface area contributed by atoms with Gasteiger partial charge in [0, 0.05) is 31.6 Å². The van der Waals surface area contributed by atoms with Crippen LogP contribution < -0.4 is 0 Å². The van der Waals surface area contributed by atoms with Crippen molar-refractivity contribution in [2.24, 2.45) is 5.92 Å². The Morgan fingerprint density at radius 1 is 1.27 bits per heavy atom. The molecule has 0 N–H and O–H groups in total. The van der Waals surface area contributed by atoms with Crippen LogP contribution in [0.5, 0.6) is 0 Å². The molecule has 1 unspecified atom stereocenters. The minimum Gasteiger partial charge on any atom is -0.341 e. The van der Waals surface area contributed by atoms with Crippen molar-refractivity contribution >= 4 is 34.9 Å². The SMILES string of the molecule is CSc1ccc(CN(C)C(=O)C2CCCN(C(=O)c3cccs3)C2)cc1. The molecule has 1 aromatic heterocycles. The first-order chi connectivity index (χ1) is 12.6. The number of nitrogens with zero attached hydrogens (tertiary/aromatic N) is 2. The zero-order valence-electron chi connectivity index (χ0n) is 15.2. The fourth-order valence-corrected chi connectivity index (χ4v) is 4.41. The molecular formula is C20H24N2O2S2. The maximum atomic E-state index is 12.9. The van der Waals surface area contributed by atoms with Gasteiger partial charge < -0.3 is 9.80 Å². The number of hydrogen-bond donors (Lipinski definition) is 0. The number of thiophene rings is 1. The van der Waals surface area contributed by atoms with Gasteiger partial charge in [0.15, 0.2) is 0 Å². The molecule has 1 atom stereocenters. The van der Waals surface area contributed by atoms with E-state index in [1.165, 1.54) is 16.2 Å². The van der Waals surface area contributed by atoms with Crippen molar-refractivity contribution in [1.29, 1.82) is 0 Å². The normalized spacial score (nSPS) is 17.2. The first-order valence-corrected chi connectivity index (χ1v) is 10.9. The van der Waals surface area contributed by atoms with Gasteiger partial charge in [0.05, 0.1) is 10.8 Å². The van der Waals surface area contributed by atoms with Crippen molar-refractivity contribution in [2.75, 3.05) is 26.4 Å². The summed E-state index contributed by atoms with van der Waals surface area (Å²) in [5.74, 6) is 0.0681. The summed E-state index contributed by atoms with van der Waals surface area (Å²) in [6.45, 7) is 1.86. The van der Waals surface area contributed by atoms with E-state index in [1.807, 2.05) is 29.5 Å². The van der Waals surface area contributed by atoms with Crippen molar-refractivity contribution in [2.45, 2.75) is 24.3 Å². The summed E-state index contributed by atoms with van der Waals surface area (Å²) in [5, 5.41) is 1.91. The molecule has 3 rings (SSSR count). The van der Waals surface area contributed by atoms with Crippen LogP contribution in [0.3, 0.4) is 0 Å². The third-order valence-electron chi connectivity index (χ3n) is 4.74. The summed E-state index contributed by atoms with van der Waals surface area (Å²) >= 11 is 3.17. The number of piperidine rings is 1. The van der Waals surface area contributed by atoms with E-state index in [-0.39, 0.29) is 17.7 Å². The molecule has 1 aliphatic heterocycles. The maximum absolute atomic E-state index is 12.9. The number of hydrogen-bond acceptors (Lipinski definition) is 4. The summed E-state index contributed by atoms with van der Waals surface area (Å²) in [6.07, 6.45) is 3.78. The van der Waals surface area contributed by atoms with Crippen molar-refractivity contribution in [3.63, 3.8) is 0 Å². The average Bonchev–Trinajstić information content (AvgIpc) is 3.22. The number of benzene rings is 1. The van der Waals surface area contributed by atoms with Crippen LogP contribution >= 0.6 is 23.1 Å². The van der Waals surface area contributed by atoms with E-state index in [0.29, 0.717) is 13.1 Å². The Labute approximate surface area is 163 Å². The smallest absolute Gasteiger partial charge is 0.263 e. The quantitative estimate of drug-likeness (QED) is 0.728. The van der Waals surface area contributed by atoms with Crippen LogP contribution in [-0.2, 0) is 11.3 Å². The highest BCUT2D eigenvalue weighted by atomic mass is 32.2. The lowest BCUT2D eigenvalue weighted by molar-refractivity contribution is -0.136. The van der Waals surface area contributed by atoms with E-state index in [4.69, 9.17) is 0 Å². The summed E-state index contributed by atoms with van der Waals surface area (Å²) in [6, 6.07) is 12.1. The molecule has 1 fully saturated rings. The van der Waals surface area contributed by atoms with Crippen molar-refractivity contribution < 1.29 is 9.59 Å². The third kappa shape index (κ3) is 4.48. The molecule has 1 aromatic carbocycles. The van der Waals surface area contributed by atoms with Crippen LogP contribution in [0.25, 0.3) is 0 Å². The average molecular weight is 389 g/mol. The molecule has 1 aliphatic rings. The topological polar surface area (TPSA) is 40.6 Å². The lowest BCUT2D eigenvalue weighted by Crippen LogP contribution is -2.45. The van der Waals surface area contributed by atoms with Crippen LogP contribution in [0.4, 0.5) is 0 Å². The molecule has 2 heterocycles. The highest BCUT2D eigenvalue weighted by molar-refractivity contribution is 7.98. The van der Waals surface area contributed by atoms with Gasteiger partial charge in [0.1, 0.15) is 0 Å². The van der Waals surface area contributed by atoms with Gasteiger partial charge in [-0.1, -0.05) is 18.2 Å². The molecule has 138 valence electrons. The molecule has 0 aliphatic carbocycles. The summed E-state index contributed by atoms with van der Waals surface area (Å²) < 4.78 is 0. The Kier molecular flexibility index (Phi) is 6.38. The van der Waals surface area contributed by atoms with Crippen LogP contribution in [0.1, 0.15) is 28.1 Å². The number of amides is 2. The van der Waals surface area contributed by atoms with Gasteiger partial charge in [-0.25, -0.2) is 0 Å².